The molecule has 1 fully saturated rings. The van der Waals surface area contributed by atoms with Crippen LogP contribution in [0.2, 0.25) is 0 Å². The van der Waals surface area contributed by atoms with Gasteiger partial charge < -0.3 is 14.5 Å². The molecule has 3 aromatic heterocycles. The smallest absolute Gasteiger partial charge is 0.254 e. The van der Waals surface area contributed by atoms with E-state index in [0.29, 0.717) is 17.6 Å². The number of aryl methyl sites for hydroxylation is 1. The fraction of sp³-hybridized carbons (Fsp3) is 0.438. The minimum atomic E-state index is 0.581. The highest BCUT2D eigenvalue weighted by atomic mass is 16.5. The van der Waals surface area contributed by atoms with E-state index < -0.39 is 0 Å². The van der Waals surface area contributed by atoms with Crippen molar-refractivity contribution in [3.05, 3.63) is 29.8 Å². The number of fused-ring (bicyclic) bond motifs is 1. The fourth-order valence-corrected chi connectivity index (χ4v) is 3.10. The number of aromatic nitrogens is 6. The SMILES string of the molecule is COc1ccnc(N2CCN(c3c(C)c(C)nc4ncnn34)CC2)n1. The summed E-state index contributed by atoms with van der Waals surface area (Å²) in [5, 5.41) is 4.34. The van der Waals surface area contributed by atoms with Gasteiger partial charge in [-0.2, -0.15) is 19.6 Å². The van der Waals surface area contributed by atoms with Crippen LogP contribution in [0.5, 0.6) is 5.88 Å². The van der Waals surface area contributed by atoms with Gasteiger partial charge in [0.15, 0.2) is 0 Å². The normalized spacial score (nSPS) is 15.0. The molecule has 0 spiro atoms. The van der Waals surface area contributed by atoms with E-state index in [1.807, 2.05) is 11.4 Å². The number of ether oxygens (including phenoxy) is 1. The van der Waals surface area contributed by atoms with Crippen LogP contribution in [-0.2, 0) is 0 Å². The molecule has 0 atom stereocenters. The Kier molecular flexibility index (Phi) is 3.83. The maximum atomic E-state index is 5.19. The maximum absolute atomic E-state index is 5.19. The van der Waals surface area contributed by atoms with Gasteiger partial charge in [-0.1, -0.05) is 0 Å². The molecule has 9 nitrogen and oxygen atoms in total. The average molecular weight is 340 g/mol. The Hall–Kier alpha value is -2.97. The van der Waals surface area contributed by atoms with Crippen molar-refractivity contribution in [3.8, 4) is 5.88 Å². The van der Waals surface area contributed by atoms with E-state index in [-0.39, 0.29) is 0 Å². The third-order valence-electron chi connectivity index (χ3n) is 4.56. The Morgan fingerprint density at radius 3 is 2.52 bits per heavy atom. The van der Waals surface area contributed by atoms with Crippen LogP contribution >= 0.6 is 0 Å². The Labute approximate surface area is 145 Å². The predicted molar refractivity (Wildman–Crippen MR) is 93.3 cm³/mol. The van der Waals surface area contributed by atoms with Crippen molar-refractivity contribution in [3.63, 3.8) is 0 Å². The van der Waals surface area contributed by atoms with Crippen LogP contribution in [0.4, 0.5) is 11.8 Å². The molecule has 3 aromatic rings. The molecule has 1 aliphatic heterocycles. The Morgan fingerprint density at radius 2 is 1.76 bits per heavy atom. The number of hydrogen-bond acceptors (Lipinski definition) is 8. The van der Waals surface area contributed by atoms with E-state index in [2.05, 4.69) is 41.8 Å². The molecule has 25 heavy (non-hydrogen) atoms. The zero-order chi connectivity index (χ0) is 17.4. The highest BCUT2D eigenvalue weighted by molar-refractivity contribution is 5.55. The van der Waals surface area contributed by atoms with Crippen LogP contribution in [0.3, 0.4) is 0 Å². The first-order chi connectivity index (χ1) is 12.2. The standard InChI is InChI=1S/C16H20N8O/c1-11-12(2)20-16-18-10-19-24(16)14(11)22-6-8-23(9-7-22)15-17-5-4-13(21-15)25-3/h4-5,10H,6-9H2,1-3H3. The lowest BCUT2D eigenvalue weighted by atomic mass is 10.2. The molecule has 0 aliphatic carbocycles. The van der Waals surface area contributed by atoms with E-state index in [1.54, 1.807) is 25.7 Å². The summed E-state index contributed by atoms with van der Waals surface area (Å²) in [5.41, 5.74) is 2.11. The molecule has 0 saturated carbocycles. The Morgan fingerprint density at radius 1 is 1.00 bits per heavy atom. The van der Waals surface area contributed by atoms with Crippen molar-refractivity contribution < 1.29 is 4.74 Å². The molecule has 0 bridgehead atoms. The van der Waals surface area contributed by atoms with Gasteiger partial charge in [0, 0.05) is 49.7 Å². The summed E-state index contributed by atoms with van der Waals surface area (Å²) >= 11 is 0. The summed E-state index contributed by atoms with van der Waals surface area (Å²) in [6, 6.07) is 1.75. The molecular formula is C16H20N8O. The monoisotopic (exact) mass is 340 g/mol. The first kappa shape index (κ1) is 15.6. The van der Waals surface area contributed by atoms with Crippen molar-refractivity contribution in [2.75, 3.05) is 43.1 Å². The molecule has 9 heteroatoms. The molecule has 0 radical (unpaired) electrons. The highest BCUT2D eigenvalue weighted by Gasteiger charge is 2.24. The summed E-state index contributed by atoms with van der Waals surface area (Å²) in [5.74, 6) is 2.98. The van der Waals surface area contributed by atoms with Gasteiger partial charge in [-0.3, -0.25) is 0 Å². The molecule has 4 heterocycles. The number of hydrogen-bond donors (Lipinski definition) is 0. The van der Waals surface area contributed by atoms with E-state index in [1.165, 1.54) is 0 Å². The zero-order valence-electron chi connectivity index (χ0n) is 14.5. The molecule has 0 amide bonds. The third kappa shape index (κ3) is 2.71. The van der Waals surface area contributed by atoms with Crippen LogP contribution in [0.1, 0.15) is 11.3 Å². The van der Waals surface area contributed by atoms with Crippen molar-refractivity contribution in [2.45, 2.75) is 13.8 Å². The van der Waals surface area contributed by atoms with Gasteiger partial charge in [-0.15, -0.1) is 0 Å². The summed E-state index contributed by atoms with van der Waals surface area (Å²) in [6.07, 6.45) is 3.27. The lowest BCUT2D eigenvalue weighted by molar-refractivity contribution is 0.396. The van der Waals surface area contributed by atoms with Crippen LogP contribution in [0.25, 0.3) is 5.78 Å². The summed E-state index contributed by atoms with van der Waals surface area (Å²) in [4.78, 5) is 22.0. The van der Waals surface area contributed by atoms with E-state index in [0.717, 1.165) is 43.3 Å². The number of anilines is 2. The molecule has 1 saturated heterocycles. The van der Waals surface area contributed by atoms with Gasteiger partial charge in [-0.05, 0) is 13.8 Å². The van der Waals surface area contributed by atoms with E-state index in [9.17, 15) is 0 Å². The largest absolute Gasteiger partial charge is 0.481 e. The number of piperazine rings is 1. The van der Waals surface area contributed by atoms with Crippen LogP contribution in [0.15, 0.2) is 18.6 Å². The first-order valence-electron chi connectivity index (χ1n) is 8.21. The minimum Gasteiger partial charge on any atom is -0.481 e. The molecule has 130 valence electrons. The van der Waals surface area contributed by atoms with Gasteiger partial charge in [0.25, 0.3) is 5.78 Å². The molecule has 0 unspecified atom stereocenters. The lowest BCUT2D eigenvalue weighted by Gasteiger charge is -2.36. The van der Waals surface area contributed by atoms with Crippen molar-refractivity contribution in [2.24, 2.45) is 0 Å². The van der Waals surface area contributed by atoms with Crippen molar-refractivity contribution >= 4 is 17.5 Å². The molecule has 0 aromatic carbocycles. The molecule has 4 rings (SSSR count). The van der Waals surface area contributed by atoms with E-state index >= 15 is 0 Å². The zero-order valence-corrected chi connectivity index (χ0v) is 14.5. The average Bonchev–Trinajstić information content (AvgIpc) is 3.10. The van der Waals surface area contributed by atoms with Gasteiger partial charge in [0.05, 0.1) is 7.11 Å². The fourth-order valence-electron chi connectivity index (χ4n) is 3.10. The number of rotatable bonds is 3. The molecule has 1 aliphatic rings. The predicted octanol–water partition coefficient (Wildman–Crippen LogP) is 0.866. The second-order valence-corrected chi connectivity index (χ2v) is 5.99. The van der Waals surface area contributed by atoms with Gasteiger partial charge >= 0.3 is 0 Å². The van der Waals surface area contributed by atoms with Crippen LogP contribution < -0.4 is 14.5 Å². The van der Waals surface area contributed by atoms with Gasteiger partial charge in [0.1, 0.15) is 12.1 Å². The number of nitrogens with zero attached hydrogens (tertiary/aromatic N) is 8. The lowest BCUT2D eigenvalue weighted by Crippen LogP contribution is -2.48. The summed E-state index contributed by atoms with van der Waals surface area (Å²) < 4.78 is 7.01. The Bertz CT molecular complexity index is 900. The highest BCUT2D eigenvalue weighted by Crippen LogP contribution is 2.24. The van der Waals surface area contributed by atoms with Gasteiger partial charge in [-0.25, -0.2) is 9.97 Å². The second kappa shape index (κ2) is 6.15. The Balaban J connectivity index is 1.58. The molecular weight excluding hydrogens is 320 g/mol. The topological polar surface area (TPSA) is 84.6 Å². The minimum absolute atomic E-state index is 0.581. The van der Waals surface area contributed by atoms with Crippen molar-refractivity contribution in [1.82, 2.24) is 29.5 Å². The van der Waals surface area contributed by atoms with Crippen molar-refractivity contribution in [1.29, 1.82) is 0 Å². The summed E-state index contributed by atoms with van der Waals surface area (Å²) in [7, 11) is 1.61. The maximum Gasteiger partial charge on any atom is 0.254 e. The third-order valence-corrected chi connectivity index (χ3v) is 4.56. The molecule has 0 N–H and O–H groups in total. The van der Waals surface area contributed by atoms with Gasteiger partial charge in [0.2, 0.25) is 11.8 Å². The van der Waals surface area contributed by atoms with Crippen LogP contribution in [-0.4, -0.2) is 62.8 Å². The first-order valence-corrected chi connectivity index (χ1v) is 8.21. The van der Waals surface area contributed by atoms with E-state index in [4.69, 9.17) is 4.74 Å². The van der Waals surface area contributed by atoms with Crippen LogP contribution in [0, 0.1) is 13.8 Å². The quantitative estimate of drug-likeness (QED) is 0.694. The number of methoxy groups -OCH3 is 1. The summed E-state index contributed by atoms with van der Waals surface area (Å²) in [6.45, 7) is 7.43. The second-order valence-electron chi connectivity index (χ2n) is 5.99.